The van der Waals surface area contributed by atoms with Gasteiger partial charge in [0.05, 0.1) is 6.33 Å². The number of H-pyrrole nitrogens is 1. The molecule has 0 unspecified atom stereocenters. The molecule has 19 heavy (non-hydrogen) atoms. The van der Waals surface area contributed by atoms with Crippen molar-refractivity contribution in [3.05, 3.63) is 30.4 Å². The largest absolute Gasteiger partial charge is 0.349 e. The van der Waals surface area contributed by atoms with Crippen molar-refractivity contribution in [2.45, 2.75) is 32.7 Å². The van der Waals surface area contributed by atoms with E-state index in [2.05, 4.69) is 25.5 Å². The van der Waals surface area contributed by atoms with Crippen molar-refractivity contribution in [2.24, 2.45) is 0 Å². The summed E-state index contributed by atoms with van der Waals surface area (Å²) in [5, 5.41) is 9.46. The predicted molar refractivity (Wildman–Crippen MR) is 69.6 cm³/mol. The minimum absolute atomic E-state index is 0.200. The SMILES string of the molecule is CC(C)c1nc(C(=O)NCCCn2ccnc2)n[nH]1. The van der Waals surface area contributed by atoms with E-state index in [1.807, 2.05) is 24.6 Å². The third kappa shape index (κ3) is 3.64. The normalized spacial score (nSPS) is 10.9. The van der Waals surface area contributed by atoms with Gasteiger partial charge in [0.1, 0.15) is 5.82 Å². The lowest BCUT2D eigenvalue weighted by atomic mass is 10.2. The second-order valence-electron chi connectivity index (χ2n) is 4.61. The number of nitrogens with one attached hydrogen (secondary N) is 2. The van der Waals surface area contributed by atoms with Crippen LogP contribution < -0.4 is 5.32 Å². The summed E-state index contributed by atoms with van der Waals surface area (Å²) in [4.78, 5) is 19.9. The second-order valence-corrected chi connectivity index (χ2v) is 4.61. The van der Waals surface area contributed by atoms with Gasteiger partial charge in [-0.3, -0.25) is 9.89 Å². The van der Waals surface area contributed by atoms with Crippen LogP contribution in [0.15, 0.2) is 18.7 Å². The first kappa shape index (κ1) is 13.3. The molecule has 2 rings (SSSR count). The van der Waals surface area contributed by atoms with E-state index in [1.165, 1.54) is 0 Å². The fraction of sp³-hybridized carbons (Fsp3) is 0.500. The number of nitrogens with zero attached hydrogens (tertiary/aromatic N) is 4. The van der Waals surface area contributed by atoms with Gasteiger partial charge in [0.15, 0.2) is 0 Å². The summed E-state index contributed by atoms with van der Waals surface area (Å²) in [5.41, 5.74) is 0. The summed E-state index contributed by atoms with van der Waals surface area (Å²) in [7, 11) is 0. The molecule has 0 aliphatic rings. The van der Waals surface area contributed by atoms with Gasteiger partial charge in [0, 0.05) is 31.4 Å². The molecule has 2 aromatic rings. The summed E-state index contributed by atoms with van der Waals surface area (Å²) in [6.45, 7) is 5.40. The van der Waals surface area contributed by atoms with Gasteiger partial charge >= 0.3 is 0 Å². The maximum atomic E-state index is 11.8. The van der Waals surface area contributed by atoms with Crippen molar-refractivity contribution in [3.63, 3.8) is 0 Å². The lowest BCUT2D eigenvalue weighted by Crippen LogP contribution is -2.26. The minimum Gasteiger partial charge on any atom is -0.349 e. The Bertz CT molecular complexity index is 516. The third-order valence-electron chi connectivity index (χ3n) is 2.69. The fourth-order valence-electron chi connectivity index (χ4n) is 1.60. The van der Waals surface area contributed by atoms with Crippen molar-refractivity contribution in [2.75, 3.05) is 6.54 Å². The fourth-order valence-corrected chi connectivity index (χ4v) is 1.60. The van der Waals surface area contributed by atoms with E-state index in [-0.39, 0.29) is 17.6 Å². The van der Waals surface area contributed by atoms with Crippen molar-refractivity contribution in [1.29, 1.82) is 0 Å². The molecular formula is C12H18N6O. The zero-order valence-corrected chi connectivity index (χ0v) is 11.1. The molecule has 2 aromatic heterocycles. The smallest absolute Gasteiger partial charge is 0.290 e. The molecule has 0 fully saturated rings. The monoisotopic (exact) mass is 262 g/mol. The van der Waals surface area contributed by atoms with E-state index in [4.69, 9.17) is 0 Å². The van der Waals surface area contributed by atoms with Crippen molar-refractivity contribution < 1.29 is 4.79 Å². The highest BCUT2D eigenvalue weighted by Gasteiger charge is 2.13. The maximum Gasteiger partial charge on any atom is 0.290 e. The number of rotatable bonds is 6. The molecule has 0 aliphatic carbocycles. The number of hydrogen-bond acceptors (Lipinski definition) is 4. The second kappa shape index (κ2) is 6.12. The van der Waals surface area contributed by atoms with E-state index in [0.717, 1.165) is 18.8 Å². The van der Waals surface area contributed by atoms with Crippen molar-refractivity contribution in [1.82, 2.24) is 30.0 Å². The third-order valence-corrected chi connectivity index (χ3v) is 2.69. The Morgan fingerprint density at radius 2 is 2.37 bits per heavy atom. The molecule has 0 aromatic carbocycles. The molecule has 0 radical (unpaired) electrons. The van der Waals surface area contributed by atoms with Crippen LogP contribution in [0, 0.1) is 0 Å². The number of aryl methyl sites for hydroxylation is 1. The average molecular weight is 262 g/mol. The quantitative estimate of drug-likeness (QED) is 0.758. The lowest BCUT2D eigenvalue weighted by Gasteiger charge is -2.03. The van der Waals surface area contributed by atoms with Gasteiger partial charge < -0.3 is 9.88 Å². The zero-order chi connectivity index (χ0) is 13.7. The van der Waals surface area contributed by atoms with E-state index in [9.17, 15) is 4.79 Å². The van der Waals surface area contributed by atoms with Crippen LogP contribution in [0.2, 0.25) is 0 Å². The van der Waals surface area contributed by atoms with Crippen molar-refractivity contribution in [3.8, 4) is 0 Å². The Hall–Kier alpha value is -2.18. The van der Waals surface area contributed by atoms with Crippen LogP contribution in [-0.2, 0) is 6.54 Å². The number of hydrogen-bond donors (Lipinski definition) is 2. The van der Waals surface area contributed by atoms with Crippen LogP contribution in [0.3, 0.4) is 0 Å². The first-order chi connectivity index (χ1) is 9.16. The zero-order valence-electron chi connectivity index (χ0n) is 11.1. The highest BCUT2D eigenvalue weighted by Crippen LogP contribution is 2.07. The van der Waals surface area contributed by atoms with Gasteiger partial charge in [-0.1, -0.05) is 13.8 Å². The van der Waals surface area contributed by atoms with Gasteiger partial charge in [-0.25, -0.2) is 9.97 Å². The van der Waals surface area contributed by atoms with Gasteiger partial charge in [0.25, 0.3) is 5.91 Å². The van der Waals surface area contributed by atoms with Gasteiger partial charge in [0.2, 0.25) is 5.82 Å². The van der Waals surface area contributed by atoms with Crippen molar-refractivity contribution >= 4 is 5.91 Å². The Labute approximate surface area is 111 Å². The summed E-state index contributed by atoms with van der Waals surface area (Å²) in [6, 6.07) is 0. The topological polar surface area (TPSA) is 88.5 Å². The van der Waals surface area contributed by atoms with Crippen LogP contribution >= 0.6 is 0 Å². The maximum absolute atomic E-state index is 11.8. The van der Waals surface area contributed by atoms with Gasteiger partial charge in [-0.05, 0) is 6.42 Å². The first-order valence-corrected chi connectivity index (χ1v) is 6.33. The van der Waals surface area contributed by atoms with Crippen LogP contribution in [0.1, 0.15) is 42.6 Å². The van der Waals surface area contributed by atoms with E-state index >= 15 is 0 Å². The molecule has 1 amide bonds. The highest BCUT2D eigenvalue weighted by atomic mass is 16.2. The lowest BCUT2D eigenvalue weighted by molar-refractivity contribution is 0.0942. The van der Waals surface area contributed by atoms with Crippen LogP contribution in [0.25, 0.3) is 0 Å². The molecular weight excluding hydrogens is 244 g/mol. The molecule has 0 saturated carbocycles. The Kier molecular flexibility index (Phi) is 4.27. The molecule has 2 heterocycles. The number of amides is 1. The molecule has 7 heteroatoms. The standard InChI is InChI=1S/C12H18N6O/c1-9(2)10-15-11(17-16-10)12(19)14-4-3-6-18-7-5-13-8-18/h5,7-9H,3-4,6H2,1-2H3,(H,14,19)(H,15,16,17). The molecule has 102 valence electrons. The number of aromatic amines is 1. The highest BCUT2D eigenvalue weighted by molar-refractivity contribution is 5.90. The van der Waals surface area contributed by atoms with E-state index in [1.54, 1.807) is 12.5 Å². The van der Waals surface area contributed by atoms with Crippen LogP contribution in [0.4, 0.5) is 0 Å². The minimum atomic E-state index is -0.242. The molecule has 0 spiro atoms. The molecule has 0 bridgehead atoms. The Balaban J connectivity index is 1.74. The molecule has 0 saturated heterocycles. The Morgan fingerprint density at radius 3 is 3.00 bits per heavy atom. The molecule has 0 aliphatic heterocycles. The summed E-state index contributed by atoms with van der Waals surface area (Å²) >= 11 is 0. The molecule has 0 atom stereocenters. The number of carbonyl (C=O) groups is 1. The number of imidazole rings is 1. The predicted octanol–water partition coefficient (Wildman–Crippen LogP) is 0.945. The number of aromatic nitrogens is 5. The molecule has 7 nitrogen and oxygen atoms in total. The summed E-state index contributed by atoms with van der Waals surface area (Å²) in [6.07, 6.45) is 6.22. The first-order valence-electron chi connectivity index (χ1n) is 6.33. The summed E-state index contributed by atoms with van der Waals surface area (Å²) in [5.74, 6) is 0.916. The van der Waals surface area contributed by atoms with E-state index < -0.39 is 0 Å². The van der Waals surface area contributed by atoms with E-state index in [0.29, 0.717) is 6.54 Å². The van der Waals surface area contributed by atoms with Crippen LogP contribution in [0.5, 0.6) is 0 Å². The number of carbonyl (C=O) groups excluding carboxylic acids is 1. The van der Waals surface area contributed by atoms with Gasteiger partial charge in [-0.2, -0.15) is 0 Å². The molecule has 2 N–H and O–H groups in total. The van der Waals surface area contributed by atoms with Gasteiger partial charge in [-0.15, -0.1) is 5.10 Å². The summed E-state index contributed by atoms with van der Waals surface area (Å²) < 4.78 is 1.97. The van der Waals surface area contributed by atoms with Crippen LogP contribution in [-0.4, -0.2) is 37.2 Å². The Morgan fingerprint density at radius 1 is 1.53 bits per heavy atom. The average Bonchev–Trinajstić information content (AvgIpc) is 3.05.